The maximum absolute atomic E-state index is 10.5. The molecular weight excluding hydrogens is 340 g/mol. The van der Waals surface area contributed by atoms with Crippen LogP contribution in [-0.2, 0) is 10.8 Å². The molecule has 0 saturated heterocycles. The summed E-state index contributed by atoms with van der Waals surface area (Å²) in [7, 11) is -2.11. The molecule has 0 amide bonds. The molecule has 1 aromatic rings. The smallest absolute Gasteiger partial charge is 0.200 e. The van der Waals surface area contributed by atoms with Crippen LogP contribution in [0.3, 0.4) is 0 Å². The maximum Gasteiger partial charge on any atom is 0.200 e. The van der Waals surface area contributed by atoms with Crippen molar-refractivity contribution in [1.29, 1.82) is 0 Å². The zero-order valence-corrected chi connectivity index (χ0v) is 18.8. The molecule has 0 aliphatic rings. The average Bonchev–Trinajstić information content (AvgIpc) is 2.57. The molecule has 3 nitrogen and oxygen atoms in total. The molecule has 0 radical (unpaired) electrons. The Morgan fingerprint density at radius 3 is 1.77 bits per heavy atom. The molecule has 150 valence electrons. The Balaban J connectivity index is 3.02. The minimum absolute atomic E-state index is 0.0428. The molecule has 0 fully saturated rings. The molecule has 1 aromatic carbocycles. The lowest BCUT2D eigenvalue weighted by atomic mass is 9.92. The van der Waals surface area contributed by atoms with Crippen LogP contribution in [0.5, 0.6) is 0 Å². The van der Waals surface area contributed by atoms with Crippen molar-refractivity contribution in [2.45, 2.75) is 90.1 Å². The topological polar surface area (TPSA) is 49.7 Å². The van der Waals surface area contributed by atoms with Gasteiger partial charge in [0.15, 0.2) is 0 Å². The van der Waals surface area contributed by atoms with Crippen molar-refractivity contribution in [3.63, 3.8) is 0 Å². The standard InChI is InChI=1S/C22H40O3Si/c1-16(2)26(17(3)4,18(5)6)25-22(19(7)24)21(15-23)14-13-20-11-9-8-10-12-20/h8-12,16-19,21-24H,13-15H2,1-7H3. The fourth-order valence-corrected chi connectivity index (χ4v) is 10.3. The number of aliphatic hydroxyl groups is 2. The van der Waals surface area contributed by atoms with Gasteiger partial charge in [-0.25, -0.2) is 0 Å². The number of rotatable bonds is 11. The van der Waals surface area contributed by atoms with Gasteiger partial charge in [-0.3, -0.25) is 0 Å². The average molecular weight is 381 g/mol. The fourth-order valence-electron chi connectivity index (χ4n) is 4.59. The van der Waals surface area contributed by atoms with Crippen LogP contribution in [0.2, 0.25) is 16.6 Å². The van der Waals surface area contributed by atoms with E-state index in [1.54, 1.807) is 6.92 Å². The van der Waals surface area contributed by atoms with Crippen molar-refractivity contribution >= 4 is 8.32 Å². The molecule has 0 aliphatic heterocycles. The third-order valence-corrected chi connectivity index (χ3v) is 12.0. The van der Waals surface area contributed by atoms with E-state index < -0.39 is 14.4 Å². The maximum atomic E-state index is 10.5. The highest BCUT2D eigenvalue weighted by atomic mass is 28.4. The van der Waals surface area contributed by atoms with E-state index in [9.17, 15) is 10.2 Å². The fraction of sp³-hybridized carbons (Fsp3) is 0.727. The molecule has 0 spiro atoms. The first-order valence-electron chi connectivity index (χ1n) is 10.2. The summed E-state index contributed by atoms with van der Waals surface area (Å²) in [4.78, 5) is 0. The van der Waals surface area contributed by atoms with Crippen LogP contribution in [0.15, 0.2) is 30.3 Å². The Morgan fingerprint density at radius 2 is 1.38 bits per heavy atom. The van der Waals surface area contributed by atoms with Gasteiger partial charge in [-0.1, -0.05) is 71.9 Å². The van der Waals surface area contributed by atoms with Gasteiger partial charge in [-0.2, -0.15) is 0 Å². The lowest BCUT2D eigenvalue weighted by molar-refractivity contribution is -0.0197. The summed E-state index contributed by atoms with van der Waals surface area (Å²) < 4.78 is 6.85. The quantitative estimate of drug-likeness (QED) is 0.521. The van der Waals surface area contributed by atoms with Crippen molar-refractivity contribution in [1.82, 2.24) is 0 Å². The highest BCUT2D eigenvalue weighted by molar-refractivity contribution is 6.77. The number of aryl methyl sites for hydroxylation is 1. The van der Waals surface area contributed by atoms with Crippen molar-refractivity contribution in [2.24, 2.45) is 5.92 Å². The summed E-state index contributed by atoms with van der Waals surface area (Å²) >= 11 is 0. The molecule has 0 aromatic heterocycles. The van der Waals surface area contributed by atoms with E-state index in [0.717, 1.165) is 12.8 Å². The largest absolute Gasteiger partial charge is 0.410 e. The molecule has 0 aliphatic carbocycles. The molecule has 0 saturated carbocycles. The Bertz CT molecular complexity index is 478. The van der Waals surface area contributed by atoms with Crippen molar-refractivity contribution in [3.05, 3.63) is 35.9 Å². The zero-order chi connectivity index (χ0) is 19.9. The van der Waals surface area contributed by atoms with E-state index >= 15 is 0 Å². The second kappa shape index (κ2) is 10.6. The summed E-state index contributed by atoms with van der Waals surface area (Å²) in [5.41, 5.74) is 2.63. The van der Waals surface area contributed by atoms with Gasteiger partial charge in [0.25, 0.3) is 0 Å². The monoisotopic (exact) mass is 380 g/mol. The highest BCUT2D eigenvalue weighted by Gasteiger charge is 2.48. The van der Waals surface area contributed by atoms with E-state index in [1.807, 2.05) is 18.2 Å². The zero-order valence-electron chi connectivity index (χ0n) is 17.8. The third kappa shape index (κ3) is 5.65. The number of hydrogen-bond donors (Lipinski definition) is 2. The predicted octanol–water partition coefficient (Wildman–Crippen LogP) is 5.17. The van der Waals surface area contributed by atoms with Gasteiger partial charge >= 0.3 is 0 Å². The molecule has 26 heavy (non-hydrogen) atoms. The lowest BCUT2D eigenvalue weighted by Gasteiger charge is -2.46. The Labute approximate surface area is 161 Å². The summed E-state index contributed by atoms with van der Waals surface area (Å²) in [6.07, 6.45) is 0.793. The van der Waals surface area contributed by atoms with Crippen molar-refractivity contribution in [3.8, 4) is 0 Å². The number of hydrogen-bond acceptors (Lipinski definition) is 3. The van der Waals surface area contributed by atoms with E-state index in [1.165, 1.54) is 5.56 Å². The predicted molar refractivity (Wildman–Crippen MR) is 113 cm³/mol. The van der Waals surface area contributed by atoms with Crippen LogP contribution < -0.4 is 0 Å². The van der Waals surface area contributed by atoms with Gasteiger partial charge < -0.3 is 14.6 Å². The summed E-state index contributed by atoms with van der Waals surface area (Å²) in [6.45, 7) is 15.4. The Hall–Kier alpha value is -0.683. The molecular formula is C22H40O3Si. The second-order valence-corrected chi connectivity index (χ2v) is 14.0. The molecule has 0 heterocycles. The first-order chi connectivity index (χ1) is 12.2. The van der Waals surface area contributed by atoms with Crippen LogP contribution in [0.1, 0.15) is 60.5 Å². The van der Waals surface area contributed by atoms with Crippen LogP contribution in [-0.4, -0.2) is 37.3 Å². The van der Waals surface area contributed by atoms with Crippen LogP contribution in [0.25, 0.3) is 0 Å². The molecule has 0 bridgehead atoms. The van der Waals surface area contributed by atoms with Gasteiger partial charge in [-0.05, 0) is 42.0 Å². The summed E-state index contributed by atoms with van der Waals surface area (Å²) in [6, 6.07) is 10.3. The third-order valence-electron chi connectivity index (χ3n) is 5.87. The first-order valence-corrected chi connectivity index (χ1v) is 12.3. The Morgan fingerprint density at radius 1 is 0.885 bits per heavy atom. The summed E-state index contributed by atoms with van der Waals surface area (Å²) in [5, 5.41) is 20.6. The Kier molecular flexibility index (Phi) is 9.52. The van der Waals surface area contributed by atoms with Crippen LogP contribution >= 0.6 is 0 Å². The van der Waals surface area contributed by atoms with Gasteiger partial charge in [0.1, 0.15) is 0 Å². The van der Waals surface area contributed by atoms with Gasteiger partial charge in [0, 0.05) is 12.5 Å². The second-order valence-electron chi connectivity index (χ2n) is 8.61. The molecule has 4 heteroatoms. The van der Waals surface area contributed by atoms with Crippen molar-refractivity contribution in [2.75, 3.05) is 6.61 Å². The minimum atomic E-state index is -2.11. The number of benzene rings is 1. The van der Waals surface area contributed by atoms with Gasteiger partial charge in [-0.15, -0.1) is 0 Å². The van der Waals surface area contributed by atoms with E-state index in [-0.39, 0.29) is 18.6 Å². The molecule has 2 N–H and O–H groups in total. The normalized spacial score (nSPS) is 16.3. The van der Waals surface area contributed by atoms with Crippen LogP contribution in [0.4, 0.5) is 0 Å². The van der Waals surface area contributed by atoms with Crippen molar-refractivity contribution < 1.29 is 14.6 Å². The summed E-state index contributed by atoms with van der Waals surface area (Å²) in [5.74, 6) is -0.0571. The van der Waals surface area contributed by atoms with Crippen LogP contribution in [0, 0.1) is 5.92 Å². The first kappa shape index (κ1) is 23.4. The van der Waals surface area contributed by atoms with E-state index in [0.29, 0.717) is 16.6 Å². The van der Waals surface area contributed by atoms with E-state index in [2.05, 4.69) is 53.7 Å². The minimum Gasteiger partial charge on any atom is -0.410 e. The molecule has 3 atom stereocenters. The van der Waals surface area contributed by atoms with Gasteiger partial charge in [0.05, 0.1) is 12.2 Å². The van der Waals surface area contributed by atoms with E-state index in [4.69, 9.17) is 4.43 Å². The lowest BCUT2D eigenvalue weighted by Crippen LogP contribution is -2.54. The number of aliphatic hydroxyl groups excluding tert-OH is 2. The van der Waals surface area contributed by atoms with Gasteiger partial charge in [0.2, 0.25) is 8.32 Å². The molecule has 3 unspecified atom stereocenters. The molecule has 1 rings (SSSR count). The highest BCUT2D eigenvalue weighted by Crippen LogP contribution is 2.44. The SMILES string of the molecule is CC(O)C(O[Si](C(C)C)(C(C)C)C(C)C)C(CO)CCc1ccccc1.